The number of aryl methyl sites for hydroxylation is 1. The minimum Gasteiger partial charge on any atom is -0.240 e. The van der Waals surface area contributed by atoms with E-state index in [1.165, 1.54) is 17.0 Å². The Balaban J connectivity index is 1.48. The van der Waals surface area contributed by atoms with Crippen LogP contribution in [-0.4, -0.2) is 15.2 Å². The van der Waals surface area contributed by atoms with Crippen molar-refractivity contribution in [2.75, 3.05) is 0 Å². The van der Waals surface area contributed by atoms with Gasteiger partial charge in [0.05, 0.1) is 15.4 Å². The van der Waals surface area contributed by atoms with E-state index in [4.69, 9.17) is 0 Å². The van der Waals surface area contributed by atoms with Crippen molar-refractivity contribution in [2.24, 2.45) is 0 Å². The van der Waals surface area contributed by atoms with E-state index < -0.39 is 0 Å². The summed E-state index contributed by atoms with van der Waals surface area (Å²) in [5.74, 6) is 0.515. The van der Waals surface area contributed by atoms with Crippen LogP contribution in [0.1, 0.15) is 11.3 Å². The fourth-order valence-electron chi connectivity index (χ4n) is 2.40. The number of hydrogen-bond donors (Lipinski definition) is 0. The first-order valence-corrected chi connectivity index (χ1v) is 10.6. The summed E-state index contributed by atoms with van der Waals surface area (Å²) in [4.78, 5) is 6.88. The van der Waals surface area contributed by atoms with Crippen LogP contribution in [0.2, 0.25) is 0 Å². The van der Waals surface area contributed by atoms with Gasteiger partial charge in [0.2, 0.25) is 0 Å². The third-order valence-electron chi connectivity index (χ3n) is 3.70. The highest BCUT2D eigenvalue weighted by atomic mass is 32.2. The lowest BCUT2D eigenvalue weighted by Crippen LogP contribution is -1.90. The van der Waals surface area contributed by atoms with Gasteiger partial charge in [-0.3, -0.25) is 0 Å². The predicted molar refractivity (Wildman–Crippen MR) is 107 cm³/mol. The average molecular weight is 400 g/mol. The quantitative estimate of drug-likeness (QED) is 0.382. The zero-order valence-corrected chi connectivity index (χ0v) is 16.3. The average Bonchev–Trinajstić information content (AvgIpc) is 3.31. The fourth-order valence-corrected chi connectivity index (χ4v) is 4.99. The molecule has 1 aromatic carbocycles. The molecule has 0 aliphatic heterocycles. The Morgan fingerprint density at radius 1 is 1.04 bits per heavy atom. The third kappa shape index (κ3) is 3.85. The number of thiophene rings is 1. The van der Waals surface area contributed by atoms with Crippen molar-refractivity contribution in [3.05, 3.63) is 71.0 Å². The van der Waals surface area contributed by atoms with Crippen molar-refractivity contribution in [3.8, 4) is 20.5 Å². The monoisotopic (exact) mass is 399 g/mol. The summed E-state index contributed by atoms with van der Waals surface area (Å²) in [6.45, 7) is 2.00. The molecule has 0 radical (unpaired) electrons. The van der Waals surface area contributed by atoms with Crippen molar-refractivity contribution >= 4 is 34.4 Å². The minimum absolute atomic E-state index is 0.218. The van der Waals surface area contributed by atoms with Crippen molar-refractivity contribution < 1.29 is 4.39 Å². The van der Waals surface area contributed by atoms with Crippen LogP contribution in [0.25, 0.3) is 20.5 Å². The molecule has 0 fully saturated rings. The zero-order chi connectivity index (χ0) is 17.9. The first kappa shape index (κ1) is 17.3. The number of rotatable bonds is 5. The van der Waals surface area contributed by atoms with Crippen LogP contribution in [0.3, 0.4) is 0 Å². The standard InChI is InChI=1S/C19H14FN3S3/c1-12-18(26-19(21-12)16-3-2-10-24-16)15-8-9-17(23-22-15)25-11-13-4-6-14(20)7-5-13/h2-10H,11H2,1H3. The topological polar surface area (TPSA) is 38.7 Å². The van der Waals surface area contributed by atoms with Crippen LogP contribution in [0.5, 0.6) is 0 Å². The summed E-state index contributed by atoms with van der Waals surface area (Å²) < 4.78 is 12.9. The maximum absolute atomic E-state index is 12.9. The normalized spacial score (nSPS) is 11.0. The van der Waals surface area contributed by atoms with Gasteiger partial charge in [-0.1, -0.05) is 30.0 Å². The number of thiazole rings is 1. The highest BCUT2D eigenvalue weighted by molar-refractivity contribution is 7.98. The molecule has 0 unspecified atom stereocenters. The summed E-state index contributed by atoms with van der Waals surface area (Å²) in [6, 6.07) is 14.6. The molecule has 0 N–H and O–H groups in total. The van der Waals surface area contributed by atoms with Crippen LogP contribution in [-0.2, 0) is 5.75 Å². The van der Waals surface area contributed by atoms with Crippen LogP contribution in [0.4, 0.5) is 4.39 Å². The van der Waals surface area contributed by atoms with Crippen LogP contribution < -0.4 is 0 Å². The number of halogens is 1. The summed E-state index contributed by atoms with van der Waals surface area (Å²) in [5, 5.41) is 12.6. The first-order valence-electron chi connectivity index (χ1n) is 7.92. The molecule has 0 saturated carbocycles. The van der Waals surface area contributed by atoms with Gasteiger partial charge in [-0.2, -0.15) is 0 Å². The van der Waals surface area contributed by atoms with Gasteiger partial charge in [-0.05, 0) is 48.2 Å². The van der Waals surface area contributed by atoms with Gasteiger partial charge < -0.3 is 0 Å². The molecule has 0 amide bonds. The van der Waals surface area contributed by atoms with E-state index in [-0.39, 0.29) is 5.82 Å². The van der Waals surface area contributed by atoms with E-state index in [1.807, 2.05) is 25.1 Å². The second-order valence-electron chi connectivity index (χ2n) is 5.58. The first-order chi connectivity index (χ1) is 12.7. The molecule has 4 aromatic rings. The lowest BCUT2D eigenvalue weighted by atomic mass is 10.2. The second kappa shape index (κ2) is 7.65. The predicted octanol–water partition coefficient (Wildman–Crippen LogP) is 6.07. The Labute approximate surface area is 163 Å². The van der Waals surface area contributed by atoms with E-state index in [0.717, 1.165) is 37.6 Å². The molecule has 3 nitrogen and oxygen atoms in total. The molecule has 130 valence electrons. The van der Waals surface area contributed by atoms with Crippen LogP contribution in [0.15, 0.2) is 58.9 Å². The molecule has 0 aliphatic rings. The van der Waals surface area contributed by atoms with E-state index >= 15 is 0 Å². The van der Waals surface area contributed by atoms with Gasteiger partial charge in [0.25, 0.3) is 0 Å². The van der Waals surface area contributed by atoms with E-state index in [2.05, 4.69) is 26.6 Å². The largest absolute Gasteiger partial charge is 0.240 e. The Morgan fingerprint density at radius 2 is 1.88 bits per heavy atom. The Morgan fingerprint density at radius 3 is 2.58 bits per heavy atom. The highest BCUT2D eigenvalue weighted by Crippen LogP contribution is 2.36. The maximum atomic E-state index is 12.9. The Kier molecular flexibility index (Phi) is 5.10. The lowest BCUT2D eigenvalue weighted by molar-refractivity contribution is 0.627. The van der Waals surface area contributed by atoms with Crippen LogP contribution in [0, 0.1) is 12.7 Å². The van der Waals surface area contributed by atoms with Gasteiger partial charge in [0.1, 0.15) is 21.5 Å². The summed E-state index contributed by atoms with van der Waals surface area (Å²) in [7, 11) is 0. The molecule has 26 heavy (non-hydrogen) atoms. The van der Waals surface area contributed by atoms with Crippen molar-refractivity contribution in [3.63, 3.8) is 0 Å². The van der Waals surface area contributed by atoms with Crippen molar-refractivity contribution in [1.82, 2.24) is 15.2 Å². The summed E-state index contributed by atoms with van der Waals surface area (Å²) in [5.41, 5.74) is 2.87. The summed E-state index contributed by atoms with van der Waals surface area (Å²) in [6.07, 6.45) is 0. The molecule has 3 heterocycles. The van der Waals surface area contributed by atoms with E-state index in [0.29, 0.717) is 0 Å². The van der Waals surface area contributed by atoms with E-state index in [9.17, 15) is 4.39 Å². The second-order valence-corrected chi connectivity index (χ2v) is 8.53. The molecule has 0 atom stereocenters. The van der Waals surface area contributed by atoms with Gasteiger partial charge in [0, 0.05) is 5.75 Å². The number of thioether (sulfide) groups is 1. The maximum Gasteiger partial charge on any atom is 0.134 e. The molecule has 0 saturated heterocycles. The molecular formula is C19H14FN3S3. The van der Waals surface area contributed by atoms with E-state index in [1.54, 1.807) is 46.6 Å². The Bertz CT molecular complexity index is 994. The highest BCUT2D eigenvalue weighted by Gasteiger charge is 2.13. The molecule has 7 heteroatoms. The molecular weight excluding hydrogens is 385 g/mol. The minimum atomic E-state index is -0.218. The number of benzene rings is 1. The fraction of sp³-hybridized carbons (Fsp3) is 0.105. The van der Waals surface area contributed by atoms with Crippen LogP contribution >= 0.6 is 34.4 Å². The Hall–Kier alpha value is -2.09. The molecule has 0 aliphatic carbocycles. The molecule has 4 rings (SSSR count). The SMILES string of the molecule is Cc1nc(-c2cccs2)sc1-c1ccc(SCc2ccc(F)cc2)nn1. The third-order valence-corrected chi connectivity index (χ3v) is 6.91. The zero-order valence-electron chi connectivity index (χ0n) is 13.8. The lowest BCUT2D eigenvalue weighted by Gasteiger charge is -2.02. The van der Waals surface area contributed by atoms with Crippen molar-refractivity contribution in [1.29, 1.82) is 0 Å². The number of aromatic nitrogens is 3. The van der Waals surface area contributed by atoms with Gasteiger partial charge in [0.15, 0.2) is 0 Å². The molecule has 0 spiro atoms. The van der Waals surface area contributed by atoms with Gasteiger partial charge in [-0.15, -0.1) is 32.9 Å². The number of hydrogen-bond acceptors (Lipinski definition) is 6. The smallest absolute Gasteiger partial charge is 0.134 e. The molecule has 3 aromatic heterocycles. The van der Waals surface area contributed by atoms with Gasteiger partial charge in [-0.25, -0.2) is 9.37 Å². The van der Waals surface area contributed by atoms with Crippen molar-refractivity contribution in [2.45, 2.75) is 17.7 Å². The number of nitrogens with zero attached hydrogens (tertiary/aromatic N) is 3. The van der Waals surface area contributed by atoms with Gasteiger partial charge >= 0.3 is 0 Å². The summed E-state index contributed by atoms with van der Waals surface area (Å²) >= 11 is 4.91. The molecule has 0 bridgehead atoms.